The van der Waals surface area contributed by atoms with Crippen LogP contribution in [0.4, 0.5) is 0 Å². The molecule has 0 amide bonds. The number of carboxylic acids is 1. The number of carboxylic acid groups (broad SMARTS) is 1. The first-order valence-electron chi connectivity index (χ1n) is 6.60. The number of aliphatic hydroxyl groups is 1. The maximum absolute atomic E-state index is 12.0. The molecule has 0 saturated carbocycles. The number of hydrogen-bond acceptors (Lipinski definition) is 4. The fourth-order valence-corrected chi connectivity index (χ4v) is 4.52. The first-order chi connectivity index (χ1) is 9.33. The SMILES string of the molecule is CCCC(O)(C(=O)O)C1CCS(=O)(=O)c2ccccc21. The molecule has 0 aromatic heterocycles. The number of fused-ring (bicyclic) bond motifs is 1. The highest BCUT2D eigenvalue weighted by Crippen LogP contribution is 2.42. The number of aliphatic carboxylic acids is 1. The van der Waals surface area contributed by atoms with Gasteiger partial charge in [0.25, 0.3) is 0 Å². The molecule has 6 heteroatoms. The predicted molar refractivity (Wildman–Crippen MR) is 73.3 cm³/mol. The lowest BCUT2D eigenvalue weighted by molar-refractivity contribution is -0.162. The summed E-state index contributed by atoms with van der Waals surface area (Å²) in [5.74, 6) is -2.12. The van der Waals surface area contributed by atoms with Crippen molar-refractivity contribution in [2.24, 2.45) is 0 Å². The number of hydrogen-bond donors (Lipinski definition) is 2. The zero-order valence-corrected chi connectivity index (χ0v) is 12.1. The summed E-state index contributed by atoms with van der Waals surface area (Å²) >= 11 is 0. The Labute approximate surface area is 118 Å². The molecule has 1 aromatic rings. The molecular weight excluding hydrogens is 280 g/mol. The van der Waals surface area contributed by atoms with Gasteiger partial charge in [-0.25, -0.2) is 13.2 Å². The van der Waals surface area contributed by atoms with E-state index < -0.39 is 27.3 Å². The molecule has 0 spiro atoms. The van der Waals surface area contributed by atoms with Crippen LogP contribution in [0.15, 0.2) is 29.2 Å². The zero-order chi connectivity index (χ0) is 15.0. The second-order valence-electron chi connectivity index (χ2n) is 5.18. The molecule has 2 unspecified atom stereocenters. The molecule has 110 valence electrons. The Morgan fingerprint density at radius 1 is 1.40 bits per heavy atom. The van der Waals surface area contributed by atoms with Gasteiger partial charge in [0.05, 0.1) is 10.6 Å². The summed E-state index contributed by atoms with van der Waals surface area (Å²) in [6, 6.07) is 6.35. The molecule has 1 aromatic carbocycles. The summed E-state index contributed by atoms with van der Waals surface area (Å²) in [5.41, 5.74) is -1.50. The average Bonchev–Trinajstić information content (AvgIpc) is 2.39. The van der Waals surface area contributed by atoms with Crippen molar-refractivity contribution in [2.75, 3.05) is 5.75 Å². The van der Waals surface area contributed by atoms with Gasteiger partial charge in [-0.3, -0.25) is 0 Å². The fourth-order valence-electron chi connectivity index (χ4n) is 2.90. The van der Waals surface area contributed by atoms with Gasteiger partial charge in [0, 0.05) is 5.92 Å². The second-order valence-corrected chi connectivity index (χ2v) is 7.25. The lowest BCUT2D eigenvalue weighted by atomic mass is 9.77. The van der Waals surface area contributed by atoms with Crippen LogP contribution in [0.3, 0.4) is 0 Å². The molecular formula is C14H18O5S. The summed E-state index contributed by atoms with van der Waals surface area (Å²) in [4.78, 5) is 11.6. The predicted octanol–water partition coefficient (Wildman–Crippen LogP) is 1.56. The Morgan fingerprint density at radius 3 is 2.65 bits per heavy atom. The van der Waals surface area contributed by atoms with Crippen LogP contribution in [0.2, 0.25) is 0 Å². The molecule has 20 heavy (non-hydrogen) atoms. The Morgan fingerprint density at radius 2 is 2.05 bits per heavy atom. The van der Waals surface area contributed by atoms with Crippen LogP contribution in [-0.4, -0.2) is 36.0 Å². The van der Waals surface area contributed by atoms with Crippen LogP contribution in [0, 0.1) is 0 Å². The number of carbonyl (C=O) groups is 1. The van der Waals surface area contributed by atoms with Gasteiger partial charge in [0.15, 0.2) is 15.4 Å². The van der Waals surface area contributed by atoms with Gasteiger partial charge < -0.3 is 10.2 Å². The molecule has 0 aliphatic carbocycles. The minimum atomic E-state index is -3.38. The van der Waals surface area contributed by atoms with E-state index in [2.05, 4.69) is 0 Å². The molecule has 1 heterocycles. The zero-order valence-electron chi connectivity index (χ0n) is 11.2. The van der Waals surface area contributed by atoms with Crippen LogP contribution in [0.25, 0.3) is 0 Å². The van der Waals surface area contributed by atoms with Gasteiger partial charge in [-0.1, -0.05) is 31.5 Å². The maximum atomic E-state index is 12.0. The third kappa shape index (κ3) is 2.33. The van der Waals surface area contributed by atoms with Gasteiger partial charge in [-0.15, -0.1) is 0 Å². The summed E-state index contributed by atoms with van der Waals surface area (Å²) in [5, 5.41) is 19.9. The summed E-state index contributed by atoms with van der Waals surface area (Å²) in [6.07, 6.45) is 0.734. The van der Waals surface area contributed by atoms with Crippen LogP contribution in [-0.2, 0) is 14.6 Å². The minimum absolute atomic E-state index is 0.0986. The van der Waals surface area contributed by atoms with Crippen LogP contribution in [0.1, 0.15) is 37.7 Å². The largest absolute Gasteiger partial charge is 0.479 e. The Balaban J connectivity index is 2.57. The molecule has 5 nitrogen and oxygen atoms in total. The molecule has 0 bridgehead atoms. The molecule has 0 fully saturated rings. The lowest BCUT2D eigenvalue weighted by Gasteiger charge is -2.36. The van der Waals surface area contributed by atoms with Crippen molar-refractivity contribution >= 4 is 15.8 Å². The molecule has 2 rings (SSSR count). The van der Waals surface area contributed by atoms with Crippen molar-refractivity contribution < 1.29 is 23.4 Å². The summed E-state index contributed by atoms with van der Waals surface area (Å²) < 4.78 is 24.1. The molecule has 0 radical (unpaired) electrons. The van der Waals surface area contributed by atoms with Crippen LogP contribution < -0.4 is 0 Å². The monoisotopic (exact) mass is 298 g/mol. The first kappa shape index (κ1) is 15.0. The summed E-state index contributed by atoms with van der Waals surface area (Å²) in [6.45, 7) is 1.79. The second kappa shape index (κ2) is 5.18. The smallest absolute Gasteiger partial charge is 0.336 e. The highest BCUT2D eigenvalue weighted by molar-refractivity contribution is 7.91. The van der Waals surface area contributed by atoms with Gasteiger partial charge in [-0.2, -0.15) is 0 Å². The molecule has 1 aliphatic heterocycles. The van der Waals surface area contributed by atoms with Gasteiger partial charge in [0.1, 0.15) is 0 Å². The van der Waals surface area contributed by atoms with Crippen molar-refractivity contribution in [3.8, 4) is 0 Å². The quantitative estimate of drug-likeness (QED) is 0.880. The van der Waals surface area contributed by atoms with E-state index in [1.807, 2.05) is 0 Å². The number of sulfone groups is 1. The number of benzene rings is 1. The normalized spacial score (nSPS) is 23.6. The van der Waals surface area contributed by atoms with E-state index >= 15 is 0 Å². The first-order valence-corrected chi connectivity index (χ1v) is 8.25. The highest BCUT2D eigenvalue weighted by Gasteiger charge is 2.47. The van der Waals surface area contributed by atoms with Crippen LogP contribution in [0.5, 0.6) is 0 Å². The van der Waals surface area contributed by atoms with Gasteiger partial charge in [-0.05, 0) is 24.5 Å². The fraction of sp³-hybridized carbons (Fsp3) is 0.500. The Kier molecular flexibility index (Phi) is 3.88. The topological polar surface area (TPSA) is 91.7 Å². The third-order valence-corrected chi connectivity index (χ3v) is 5.70. The van der Waals surface area contributed by atoms with Crippen molar-refractivity contribution in [3.05, 3.63) is 29.8 Å². The van der Waals surface area contributed by atoms with Gasteiger partial charge >= 0.3 is 5.97 Å². The van der Waals surface area contributed by atoms with Crippen molar-refractivity contribution in [1.82, 2.24) is 0 Å². The highest BCUT2D eigenvalue weighted by atomic mass is 32.2. The van der Waals surface area contributed by atoms with E-state index in [1.54, 1.807) is 25.1 Å². The molecule has 2 atom stereocenters. The average molecular weight is 298 g/mol. The van der Waals surface area contributed by atoms with E-state index in [9.17, 15) is 23.4 Å². The maximum Gasteiger partial charge on any atom is 0.336 e. The number of rotatable bonds is 4. The van der Waals surface area contributed by atoms with E-state index in [0.717, 1.165) is 0 Å². The standard InChI is InChI=1S/C14H18O5S/c1-2-8-14(17,13(15)16)11-7-9-20(18,19)12-6-4-3-5-10(11)12/h3-6,11,17H,2,7-9H2,1H3,(H,15,16). The van der Waals surface area contributed by atoms with Gasteiger partial charge in [0.2, 0.25) is 0 Å². The summed E-state index contributed by atoms with van der Waals surface area (Å²) in [7, 11) is -3.38. The van der Waals surface area contributed by atoms with Crippen molar-refractivity contribution in [1.29, 1.82) is 0 Å². The Bertz CT molecular complexity index is 622. The third-order valence-electron chi connectivity index (χ3n) is 3.88. The Hall–Kier alpha value is -1.40. The van der Waals surface area contributed by atoms with E-state index in [4.69, 9.17) is 0 Å². The van der Waals surface area contributed by atoms with Crippen LogP contribution >= 0.6 is 0 Å². The van der Waals surface area contributed by atoms with E-state index in [0.29, 0.717) is 12.0 Å². The minimum Gasteiger partial charge on any atom is -0.479 e. The van der Waals surface area contributed by atoms with Crippen molar-refractivity contribution in [3.63, 3.8) is 0 Å². The van der Waals surface area contributed by atoms with E-state index in [-0.39, 0.29) is 23.5 Å². The molecule has 1 aliphatic rings. The lowest BCUT2D eigenvalue weighted by Crippen LogP contribution is -2.46. The van der Waals surface area contributed by atoms with E-state index in [1.165, 1.54) is 6.07 Å². The van der Waals surface area contributed by atoms with Crippen molar-refractivity contribution in [2.45, 2.75) is 42.6 Å². The molecule has 0 saturated heterocycles. The molecule has 2 N–H and O–H groups in total.